The molecule has 0 aromatic heterocycles. The molecule has 0 spiro atoms. The number of carbonyl (C=O) groups is 2. The van der Waals surface area contributed by atoms with Crippen molar-refractivity contribution >= 4 is 11.8 Å². The summed E-state index contributed by atoms with van der Waals surface area (Å²) in [4.78, 5) is 22.4. The zero-order valence-electron chi connectivity index (χ0n) is 6.50. The van der Waals surface area contributed by atoms with Crippen LogP contribution >= 0.6 is 0 Å². The van der Waals surface area contributed by atoms with E-state index < -0.39 is 18.1 Å². The minimum Gasteiger partial charge on any atom is -0.275 e. The Morgan fingerprint density at radius 3 is 2.45 bits per heavy atom. The molecular formula is C7H10FNO2. The second kappa shape index (κ2) is 2.60. The van der Waals surface area contributed by atoms with Crippen molar-refractivity contribution in [2.45, 2.75) is 26.6 Å². The van der Waals surface area contributed by atoms with E-state index in [-0.39, 0.29) is 12.3 Å². The Bertz CT molecular complexity index is 205. The average molecular weight is 159 g/mol. The normalized spacial score (nSPS) is 31.2. The summed E-state index contributed by atoms with van der Waals surface area (Å²) in [6.45, 7) is 2.82. The van der Waals surface area contributed by atoms with E-state index in [0.29, 0.717) is 4.90 Å². The highest BCUT2D eigenvalue weighted by Crippen LogP contribution is 2.24. The molecule has 1 fully saturated rings. The molecule has 0 saturated carbocycles. The Morgan fingerprint density at radius 2 is 2.27 bits per heavy atom. The van der Waals surface area contributed by atoms with E-state index in [1.54, 1.807) is 6.92 Å². The number of amides is 2. The lowest BCUT2D eigenvalue weighted by molar-refractivity contribution is -0.146. The highest BCUT2D eigenvalue weighted by molar-refractivity contribution is 5.96. The van der Waals surface area contributed by atoms with Crippen LogP contribution in [0.2, 0.25) is 0 Å². The van der Waals surface area contributed by atoms with Gasteiger partial charge in [0.25, 0.3) is 0 Å². The number of carbonyl (C=O) groups excluding carboxylic acids is 2. The highest BCUT2D eigenvalue weighted by Gasteiger charge is 2.39. The molecule has 1 heterocycles. The van der Waals surface area contributed by atoms with Gasteiger partial charge in [0, 0.05) is 19.3 Å². The molecule has 0 aromatic rings. The Balaban J connectivity index is 2.80. The standard InChI is InChI=1S/C7H10FNO2/c1-4-3-6(8)9(5(2)10)7(4)11/h4,6H,3H2,1-2H3. The van der Waals surface area contributed by atoms with Gasteiger partial charge in [-0.1, -0.05) is 6.92 Å². The quantitative estimate of drug-likeness (QED) is 0.488. The summed E-state index contributed by atoms with van der Waals surface area (Å²) in [5, 5.41) is 0. The molecule has 1 aliphatic heterocycles. The Morgan fingerprint density at radius 1 is 1.73 bits per heavy atom. The SMILES string of the molecule is CC(=O)N1C(=O)C(C)CC1F. The molecule has 2 amide bonds. The third kappa shape index (κ3) is 1.25. The molecule has 1 saturated heterocycles. The molecule has 0 N–H and O–H groups in total. The molecule has 3 nitrogen and oxygen atoms in total. The fourth-order valence-electron chi connectivity index (χ4n) is 1.23. The minimum atomic E-state index is -1.41. The van der Waals surface area contributed by atoms with Crippen molar-refractivity contribution in [2.75, 3.05) is 0 Å². The van der Waals surface area contributed by atoms with Gasteiger partial charge in [-0.25, -0.2) is 4.39 Å². The van der Waals surface area contributed by atoms with E-state index in [0.717, 1.165) is 0 Å². The number of rotatable bonds is 0. The number of imide groups is 1. The van der Waals surface area contributed by atoms with Crippen LogP contribution in [0.15, 0.2) is 0 Å². The zero-order chi connectivity index (χ0) is 8.59. The molecule has 0 aliphatic carbocycles. The first-order valence-electron chi connectivity index (χ1n) is 3.51. The van der Waals surface area contributed by atoms with Gasteiger partial charge in [0.2, 0.25) is 11.8 Å². The van der Waals surface area contributed by atoms with Crippen LogP contribution in [0.1, 0.15) is 20.3 Å². The third-order valence-electron chi connectivity index (χ3n) is 1.83. The maximum Gasteiger partial charge on any atom is 0.234 e. The predicted molar refractivity (Wildman–Crippen MR) is 36.2 cm³/mol. The second-order valence-corrected chi connectivity index (χ2v) is 2.80. The van der Waals surface area contributed by atoms with Gasteiger partial charge in [-0.15, -0.1) is 0 Å². The Hall–Kier alpha value is -0.930. The lowest BCUT2D eigenvalue weighted by Crippen LogP contribution is -2.35. The maximum atomic E-state index is 12.8. The first-order chi connectivity index (χ1) is 5.04. The van der Waals surface area contributed by atoms with Gasteiger partial charge in [0.05, 0.1) is 0 Å². The number of hydrogen-bond donors (Lipinski definition) is 0. The first kappa shape index (κ1) is 8.17. The van der Waals surface area contributed by atoms with Gasteiger partial charge in [-0.05, 0) is 0 Å². The molecule has 0 radical (unpaired) electrons. The topological polar surface area (TPSA) is 37.4 Å². The summed E-state index contributed by atoms with van der Waals surface area (Å²) in [6, 6.07) is 0. The van der Waals surface area contributed by atoms with Crippen molar-refractivity contribution in [3.05, 3.63) is 0 Å². The van der Waals surface area contributed by atoms with Crippen molar-refractivity contribution in [2.24, 2.45) is 5.92 Å². The number of alkyl halides is 1. The van der Waals surface area contributed by atoms with Gasteiger partial charge in [0.1, 0.15) is 0 Å². The van der Waals surface area contributed by atoms with Gasteiger partial charge in [-0.2, -0.15) is 0 Å². The Kier molecular flexibility index (Phi) is 1.93. The van der Waals surface area contributed by atoms with Crippen LogP contribution in [0.5, 0.6) is 0 Å². The molecule has 11 heavy (non-hydrogen) atoms. The number of hydrogen-bond acceptors (Lipinski definition) is 2. The van der Waals surface area contributed by atoms with Crippen LogP contribution in [-0.4, -0.2) is 23.0 Å². The second-order valence-electron chi connectivity index (χ2n) is 2.80. The smallest absolute Gasteiger partial charge is 0.234 e. The van der Waals surface area contributed by atoms with Crippen molar-refractivity contribution in [1.82, 2.24) is 4.90 Å². The van der Waals surface area contributed by atoms with E-state index in [9.17, 15) is 14.0 Å². The van der Waals surface area contributed by atoms with Gasteiger partial charge < -0.3 is 0 Å². The molecular weight excluding hydrogens is 149 g/mol. The summed E-state index contributed by atoms with van der Waals surface area (Å²) in [5.74, 6) is -1.26. The molecule has 62 valence electrons. The molecule has 4 heteroatoms. The largest absolute Gasteiger partial charge is 0.275 e. The van der Waals surface area contributed by atoms with E-state index in [4.69, 9.17) is 0 Å². The summed E-state index contributed by atoms with van der Waals surface area (Å²) in [7, 11) is 0. The van der Waals surface area contributed by atoms with Crippen molar-refractivity contribution < 1.29 is 14.0 Å². The number of likely N-dealkylation sites (tertiary alicyclic amines) is 1. The average Bonchev–Trinajstić information content (AvgIpc) is 2.07. The summed E-state index contributed by atoms with van der Waals surface area (Å²) < 4.78 is 12.8. The van der Waals surface area contributed by atoms with Crippen LogP contribution in [-0.2, 0) is 9.59 Å². The molecule has 1 rings (SSSR count). The first-order valence-corrected chi connectivity index (χ1v) is 3.51. The molecule has 0 bridgehead atoms. The van der Waals surface area contributed by atoms with E-state index in [2.05, 4.69) is 0 Å². The van der Waals surface area contributed by atoms with E-state index in [1.165, 1.54) is 6.92 Å². The van der Waals surface area contributed by atoms with Crippen LogP contribution in [0, 0.1) is 5.92 Å². The number of nitrogens with zero attached hydrogens (tertiary/aromatic N) is 1. The monoisotopic (exact) mass is 159 g/mol. The summed E-state index contributed by atoms with van der Waals surface area (Å²) >= 11 is 0. The van der Waals surface area contributed by atoms with Gasteiger partial charge in [-0.3, -0.25) is 14.5 Å². The zero-order valence-corrected chi connectivity index (χ0v) is 6.50. The number of halogens is 1. The van der Waals surface area contributed by atoms with E-state index in [1.807, 2.05) is 0 Å². The van der Waals surface area contributed by atoms with E-state index >= 15 is 0 Å². The fraction of sp³-hybridized carbons (Fsp3) is 0.714. The fourth-order valence-corrected chi connectivity index (χ4v) is 1.23. The van der Waals surface area contributed by atoms with Crippen LogP contribution in [0.3, 0.4) is 0 Å². The maximum absolute atomic E-state index is 12.8. The summed E-state index contributed by atoms with van der Waals surface area (Å²) in [6.07, 6.45) is -1.27. The van der Waals surface area contributed by atoms with Crippen molar-refractivity contribution in [3.8, 4) is 0 Å². The van der Waals surface area contributed by atoms with Crippen LogP contribution < -0.4 is 0 Å². The van der Waals surface area contributed by atoms with Crippen molar-refractivity contribution in [3.63, 3.8) is 0 Å². The molecule has 2 unspecified atom stereocenters. The molecule has 2 atom stereocenters. The van der Waals surface area contributed by atoms with Crippen molar-refractivity contribution in [1.29, 1.82) is 0 Å². The highest BCUT2D eigenvalue weighted by atomic mass is 19.1. The van der Waals surface area contributed by atoms with Gasteiger partial charge in [0.15, 0.2) is 6.30 Å². The van der Waals surface area contributed by atoms with Crippen LogP contribution in [0.25, 0.3) is 0 Å². The van der Waals surface area contributed by atoms with Crippen LogP contribution in [0.4, 0.5) is 4.39 Å². The predicted octanol–water partition coefficient (Wildman–Crippen LogP) is 0.697. The minimum absolute atomic E-state index is 0.137. The third-order valence-corrected chi connectivity index (χ3v) is 1.83. The lowest BCUT2D eigenvalue weighted by atomic mass is 10.1. The molecule has 1 aliphatic rings. The Labute approximate surface area is 64.2 Å². The summed E-state index contributed by atoms with van der Waals surface area (Å²) in [5.41, 5.74) is 0. The van der Waals surface area contributed by atoms with Gasteiger partial charge >= 0.3 is 0 Å². The molecule has 0 aromatic carbocycles. The lowest BCUT2D eigenvalue weighted by Gasteiger charge is -2.13.